The van der Waals surface area contributed by atoms with Gasteiger partial charge in [-0.3, -0.25) is 10.4 Å². The van der Waals surface area contributed by atoms with Crippen molar-refractivity contribution in [1.82, 2.24) is 4.98 Å². The molecule has 0 aliphatic heterocycles. The van der Waals surface area contributed by atoms with Crippen molar-refractivity contribution in [1.29, 1.82) is 5.41 Å². The molecule has 0 spiro atoms. The van der Waals surface area contributed by atoms with Crippen molar-refractivity contribution >= 4 is 17.7 Å². The number of hydrogen-bond donors (Lipinski definition) is 1. The van der Waals surface area contributed by atoms with Gasteiger partial charge in [0.15, 0.2) is 5.84 Å². The topological polar surface area (TPSA) is 84.6 Å². The minimum absolute atomic E-state index is 0.0507. The molecule has 0 aliphatic rings. The Hall–Kier alpha value is -3.54. The Labute approximate surface area is 152 Å². The predicted octanol–water partition coefficient (Wildman–Crippen LogP) is 3.56. The fourth-order valence-electron chi connectivity index (χ4n) is 1.91. The number of aliphatic imine (C=N–C) groups is 1. The van der Waals surface area contributed by atoms with Crippen LogP contribution in [0.25, 0.3) is 0 Å². The van der Waals surface area contributed by atoms with Gasteiger partial charge in [0.05, 0.1) is 12.2 Å². The van der Waals surface area contributed by atoms with E-state index < -0.39 is 5.97 Å². The number of pyridine rings is 1. The van der Waals surface area contributed by atoms with Crippen LogP contribution in [0.2, 0.25) is 0 Å². The van der Waals surface area contributed by atoms with E-state index in [4.69, 9.17) is 14.9 Å². The second kappa shape index (κ2) is 9.68. The van der Waals surface area contributed by atoms with E-state index in [0.29, 0.717) is 11.4 Å². The number of aromatic nitrogens is 1. The fraction of sp³-hybridized carbons (Fsp3) is 0.100. The van der Waals surface area contributed by atoms with Crippen LogP contribution in [0.3, 0.4) is 0 Å². The molecular formula is C20H19N3O3. The summed E-state index contributed by atoms with van der Waals surface area (Å²) in [5.41, 5.74) is 0.557. The van der Waals surface area contributed by atoms with E-state index in [0.717, 1.165) is 0 Å². The molecule has 26 heavy (non-hydrogen) atoms. The standard InChI is InChI=1S/C20H19N3O3/c1-3-15(20(24)25-4-2)14-18(26-16-10-6-5-7-11-16)23-19(21)17-12-8-9-13-22-17/h3,5-14,21H,1,4H2,2H3/b15-14-,21-19?,23-18+. The van der Waals surface area contributed by atoms with Gasteiger partial charge in [-0.15, -0.1) is 0 Å². The third kappa shape index (κ3) is 5.52. The van der Waals surface area contributed by atoms with Crippen LogP contribution >= 0.6 is 0 Å². The minimum atomic E-state index is -0.545. The lowest BCUT2D eigenvalue weighted by Gasteiger charge is -2.08. The third-order valence-electron chi connectivity index (χ3n) is 3.11. The number of benzene rings is 1. The molecule has 6 heteroatoms. The zero-order valence-electron chi connectivity index (χ0n) is 14.4. The molecule has 132 valence electrons. The fourth-order valence-corrected chi connectivity index (χ4v) is 1.91. The summed E-state index contributed by atoms with van der Waals surface area (Å²) >= 11 is 0. The molecule has 0 atom stereocenters. The Morgan fingerprint density at radius 3 is 2.58 bits per heavy atom. The highest BCUT2D eigenvalue weighted by molar-refractivity contribution is 6.08. The molecule has 2 aromatic rings. The van der Waals surface area contributed by atoms with Gasteiger partial charge in [-0.2, -0.15) is 4.99 Å². The quantitative estimate of drug-likeness (QED) is 0.284. The summed E-state index contributed by atoms with van der Waals surface area (Å²) in [7, 11) is 0. The average molecular weight is 349 g/mol. The average Bonchev–Trinajstić information content (AvgIpc) is 2.67. The summed E-state index contributed by atoms with van der Waals surface area (Å²) in [6, 6.07) is 14.1. The van der Waals surface area contributed by atoms with Crippen LogP contribution in [0.5, 0.6) is 5.75 Å². The number of carbonyl (C=O) groups excluding carboxylic acids is 1. The van der Waals surface area contributed by atoms with E-state index in [1.165, 1.54) is 12.2 Å². The number of rotatable bonds is 6. The SMILES string of the molecule is C=C/C(=C/C(=N\C(=N)c1ccccn1)Oc1ccccc1)C(=O)OCC. The molecule has 6 nitrogen and oxygen atoms in total. The maximum atomic E-state index is 12.0. The lowest BCUT2D eigenvalue weighted by atomic mass is 10.2. The molecule has 0 saturated carbocycles. The highest BCUT2D eigenvalue weighted by atomic mass is 16.5. The summed E-state index contributed by atoms with van der Waals surface area (Å²) in [5.74, 6) is -0.0744. The molecule has 1 aromatic heterocycles. The first-order valence-electron chi connectivity index (χ1n) is 7.96. The van der Waals surface area contributed by atoms with Crippen molar-refractivity contribution < 1.29 is 14.3 Å². The number of nitrogens with one attached hydrogen (secondary N) is 1. The van der Waals surface area contributed by atoms with E-state index in [2.05, 4.69) is 16.6 Å². The van der Waals surface area contributed by atoms with E-state index >= 15 is 0 Å². The number of para-hydroxylation sites is 1. The molecule has 0 fully saturated rings. The number of nitrogens with zero attached hydrogens (tertiary/aromatic N) is 2. The monoisotopic (exact) mass is 349 g/mol. The van der Waals surface area contributed by atoms with Crippen LogP contribution in [-0.2, 0) is 9.53 Å². The highest BCUT2D eigenvalue weighted by Gasteiger charge is 2.11. The van der Waals surface area contributed by atoms with Crippen molar-refractivity contribution in [2.24, 2.45) is 4.99 Å². The molecule has 1 heterocycles. The molecule has 0 aliphatic carbocycles. The maximum absolute atomic E-state index is 12.0. The van der Waals surface area contributed by atoms with Gasteiger partial charge in [-0.25, -0.2) is 4.79 Å². The largest absolute Gasteiger partial charge is 0.462 e. The van der Waals surface area contributed by atoms with Crippen molar-refractivity contribution in [3.8, 4) is 5.75 Å². The highest BCUT2D eigenvalue weighted by Crippen LogP contribution is 2.11. The van der Waals surface area contributed by atoms with Crippen LogP contribution in [0.15, 0.2) is 84.0 Å². The van der Waals surface area contributed by atoms with E-state index in [9.17, 15) is 4.79 Å². The maximum Gasteiger partial charge on any atom is 0.338 e. The molecule has 0 unspecified atom stereocenters. The Kier molecular flexibility index (Phi) is 7.00. The molecule has 0 bridgehead atoms. The second-order valence-electron chi connectivity index (χ2n) is 4.95. The summed E-state index contributed by atoms with van der Waals surface area (Å²) in [6.45, 7) is 5.57. The van der Waals surface area contributed by atoms with Crippen LogP contribution in [0, 0.1) is 5.41 Å². The Morgan fingerprint density at radius 2 is 1.96 bits per heavy atom. The van der Waals surface area contributed by atoms with Crippen LogP contribution in [-0.4, -0.2) is 29.3 Å². The Balaban J connectivity index is 2.38. The predicted molar refractivity (Wildman–Crippen MR) is 100 cm³/mol. The van der Waals surface area contributed by atoms with Gasteiger partial charge >= 0.3 is 5.97 Å². The smallest absolute Gasteiger partial charge is 0.338 e. The van der Waals surface area contributed by atoms with Crippen molar-refractivity contribution in [3.05, 3.63) is 84.7 Å². The van der Waals surface area contributed by atoms with Crippen molar-refractivity contribution in [3.63, 3.8) is 0 Å². The second-order valence-corrected chi connectivity index (χ2v) is 4.95. The van der Waals surface area contributed by atoms with E-state index in [1.807, 2.05) is 6.07 Å². The lowest BCUT2D eigenvalue weighted by Crippen LogP contribution is -2.14. The molecule has 0 amide bonds. The van der Waals surface area contributed by atoms with Crippen LogP contribution in [0.4, 0.5) is 0 Å². The van der Waals surface area contributed by atoms with Crippen LogP contribution < -0.4 is 4.74 Å². The molecule has 0 radical (unpaired) electrons. The number of amidine groups is 1. The van der Waals surface area contributed by atoms with E-state index in [1.54, 1.807) is 55.6 Å². The van der Waals surface area contributed by atoms with Crippen molar-refractivity contribution in [2.75, 3.05) is 6.61 Å². The van der Waals surface area contributed by atoms with Gasteiger partial charge in [0, 0.05) is 12.3 Å². The zero-order valence-corrected chi connectivity index (χ0v) is 14.4. The normalized spacial score (nSPS) is 11.6. The first-order valence-corrected chi connectivity index (χ1v) is 7.96. The van der Waals surface area contributed by atoms with Crippen LogP contribution in [0.1, 0.15) is 12.6 Å². The Bertz CT molecular complexity index is 828. The number of hydrogen-bond acceptors (Lipinski definition) is 5. The first-order chi connectivity index (χ1) is 12.6. The van der Waals surface area contributed by atoms with Gasteiger partial charge < -0.3 is 9.47 Å². The number of esters is 1. The summed E-state index contributed by atoms with van der Waals surface area (Å²) < 4.78 is 10.7. The summed E-state index contributed by atoms with van der Waals surface area (Å²) in [4.78, 5) is 20.2. The molecule has 1 N–H and O–H groups in total. The van der Waals surface area contributed by atoms with E-state index in [-0.39, 0.29) is 23.9 Å². The van der Waals surface area contributed by atoms with Crippen molar-refractivity contribution in [2.45, 2.75) is 6.92 Å². The molecule has 0 saturated heterocycles. The lowest BCUT2D eigenvalue weighted by molar-refractivity contribution is -0.138. The number of ether oxygens (including phenoxy) is 2. The van der Waals surface area contributed by atoms with Gasteiger partial charge in [-0.05, 0) is 31.2 Å². The third-order valence-corrected chi connectivity index (χ3v) is 3.11. The molecular weight excluding hydrogens is 330 g/mol. The minimum Gasteiger partial charge on any atom is -0.462 e. The zero-order chi connectivity index (χ0) is 18.8. The molecule has 1 aromatic carbocycles. The number of carbonyl (C=O) groups is 1. The van der Waals surface area contributed by atoms with Gasteiger partial charge in [0.1, 0.15) is 11.4 Å². The van der Waals surface area contributed by atoms with Gasteiger partial charge in [0.2, 0.25) is 5.90 Å². The van der Waals surface area contributed by atoms with Gasteiger partial charge in [-0.1, -0.05) is 36.9 Å². The molecule has 2 rings (SSSR count). The summed E-state index contributed by atoms with van der Waals surface area (Å²) in [5, 5.41) is 8.11. The first kappa shape index (κ1) is 18.8. The Morgan fingerprint density at radius 1 is 1.23 bits per heavy atom. The van der Waals surface area contributed by atoms with Gasteiger partial charge in [0.25, 0.3) is 0 Å². The summed E-state index contributed by atoms with van der Waals surface area (Å²) in [6.07, 6.45) is 4.31.